The number of thioether (sulfide) groups is 1. The normalized spacial score (nSPS) is 15.0. The monoisotopic (exact) mass is 382 g/mol. The minimum absolute atomic E-state index is 0.0122. The molecule has 3 rings (SSSR count). The molecule has 0 atom stereocenters. The number of hydrogen-bond donors (Lipinski definition) is 1. The number of hydrogen-bond acceptors (Lipinski definition) is 4. The van der Waals surface area contributed by atoms with Crippen molar-refractivity contribution >= 4 is 29.3 Å². The number of benzene rings is 2. The van der Waals surface area contributed by atoms with E-state index in [0.717, 1.165) is 21.9 Å². The Morgan fingerprint density at radius 1 is 1.22 bits per heavy atom. The average Bonchev–Trinajstić information content (AvgIpc) is 2.64. The fourth-order valence-electron chi connectivity index (χ4n) is 2.82. The average molecular weight is 382 g/mol. The Balaban J connectivity index is 1.94. The summed E-state index contributed by atoms with van der Waals surface area (Å²) in [5, 5.41) is 2.80. The first-order chi connectivity index (χ1) is 13.0. The highest BCUT2D eigenvalue weighted by molar-refractivity contribution is 8.04. The molecule has 1 aliphatic rings. The van der Waals surface area contributed by atoms with Crippen molar-refractivity contribution in [3.63, 3.8) is 0 Å². The maximum atomic E-state index is 13.1. The van der Waals surface area contributed by atoms with E-state index in [1.54, 1.807) is 12.0 Å². The predicted octanol–water partition coefficient (Wildman–Crippen LogP) is 3.74. The molecular formula is C21H22N2O3S. The molecule has 0 aliphatic carbocycles. The summed E-state index contributed by atoms with van der Waals surface area (Å²) < 4.78 is 5.28. The molecule has 140 valence electrons. The van der Waals surface area contributed by atoms with E-state index in [-0.39, 0.29) is 17.9 Å². The number of ether oxygens (including phenoxy) is 1. The molecule has 6 heteroatoms. The third kappa shape index (κ3) is 4.52. The van der Waals surface area contributed by atoms with Gasteiger partial charge in [-0.2, -0.15) is 0 Å². The molecule has 5 nitrogen and oxygen atoms in total. The summed E-state index contributed by atoms with van der Waals surface area (Å²) in [6, 6.07) is 15.4. The van der Waals surface area contributed by atoms with E-state index in [1.165, 1.54) is 17.8 Å². The van der Waals surface area contributed by atoms with Gasteiger partial charge in [-0.1, -0.05) is 36.0 Å². The predicted molar refractivity (Wildman–Crippen MR) is 108 cm³/mol. The second-order valence-electron chi connectivity index (χ2n) is 6.48. The van der Waals surface area contributed by atoms with E-state index < -0.39 is 0 Å². The van der Waals surface area contributed by atoms with E-state index in [2.05, 4.69) is 5.32 Å². The van der Waals surface area contributed by atoms with Crippen LogP contribution in [0.5, 0.6) is 5.75 Å². The maximum absolute atomic E-state index is 13.1. The molecule has 0 bridgehead atoms. The van der Waals surface area contributed by atoms with E-state index in [9.17, 15) is 9.59 Å². The van der Waals surface area contributed by atoms with Gasteiger partial charge in [0, 0.05) is 17.0 Å². The molecule has 1 heterocycles. The van der Waals surface area contributed by atoms with Crippen molar-refractivity contribution in [2.45, 2.75) is 31.3 Å². The van der Waals surface area contributed by atoms with Crippen molar-refractivity contribution in [3.05, 3.63) is 65.1 Å². The number of carbonyl (C=O) groups is 2. The third-order valence-corrected chi connectivity index (χ3v) is 5.08. The number of para-hydroxylation sites is 1. The Morgan fingerprint density at radius 2 is 2.00 bits per heavy atom. The van der Waals surface area contributed by atoms with Crippen LogP contribution in [0.2, 0.25) is 0 Å². The Bertz CT molecular complexity index is 893. The van der Waals surface area contributed by atoms with Gasteiger partial charge in [-0.25, -0.2) is 0 Å². The number of nitrogens with zero attached hydrogens (tertiary/aromatic N) is 1. The lowest BCUT2D eigenvalue weighted by atomic mass is 10.1. The van der Waals surface area contributed by atoms with Crippen molar-refractivity contribution in [1.29, 1.82) is 0 Å². The fraction of sp³-hybridized carbons (Fsp3) is 0.238. The molecule has 0 saturated carbocycles. The topological polar surface area (TPSA) is 58.6 Å². The summed E-state index contributed by atoms with van der Waals surface area (Å²) in [6.45, 7) is 4.17. The zero-order valence-corrected chi connectivity index (χ0v) is 16.4. The molecule has 27 heavy (non-hydrogen) atoms. The van der Waals surface area contributed by atoms with Crippen LogP contribution in [-0.4, -0.2) is 25.0 Å². The lowest BCUT2D eigenvalue weighted by Gasteiger charge is -2.30. The van der Waals surface area contributed by atoms with Crippen LogP contribution in [0.1, 0.15) is 19.4 Å². The Kier molecular flexibility index (Phi) is 5.86. The van der Waals surface area contributed by atoms with Gasteiger partial charge in [0.25, 0.3) is 5.91 Å². The second kappa shape index (κ2) is 8.31. The Hall–Kier alpha value is -2.73. The molecule has 0 saturated heterocycles. The van der Waals surface area contributed by atoms with Crippen LogP contribution in [0.25, 0.3) is 0 Å². The highest BCUT2D eigenvalue weighted by Gasteiger charge is 2.29. The van der Waals surface area contributed by atoms with Gasteiger partial charge < -0.3 is 15.0 Å². The Labute approximate surface area is 163 Å². The molecule has 2 aromatic rings. The molecule has 0 aromatic heterocycles. The smallest absolute Gasteiger partial charge is 0.265 e. The van der Waals surface area contributed by atoms with E-state index in [1.807, 2.05) is 62.4 Å². The van der Waals surface area contributed by atoms with Crippen molar-refractivity contribution in [2.75, 3.05) is 12.0 Å². The number of fused-ring (bicyclic) bond motifs is 1. The lowest BCUT2D eigenvalue weighted by Crippen LogP contribution is -2.35. The van der Waals surface area contributed by atoms with Gasteiger partial charge in [-0.15, -0.1) is 0 Å². The molecular weight excluding hydrogens is 360 g/mol. The van der Waals surface area contributed by atoms with Crippen LogP contribution < -0.4 is 15.0 Å². The summed E-state index contributed by atoms with van der Waals surface area (Å²) in [6.07, 6.45) is 1.39. The van der Waals surface area contributed by atoms with Gasteiger partial charge in [0.15, 0.2) is 0 Å². The zero-order chi connectivity index (χ0) is 19.4. The van der Waals surface area contributed by atoms with Crippen LogP contribution in [0.15, 0.2) is 64.4 Å². The van der Waals surface area contributed by atoms with Crippen LogP contribution in [0, 0.1) is 0 Å². The fourth-order valence-corrected chi connectivity index (χ4v) is 3.85. The van der Waals surface area contributed by atoms with Crippen molar-refractivity contribution in [3.8, 4) is 5.75 Å². The molecule has 0 spiro atoms. The highest BCUT2D eigenvalue weighted by atomic mass is 32.2. The quantitative estimate of drug-likeness (QED) is 0.801. The molecule has 2 amide bonds. The molecule has 0 fully saturated rings. The van der Waals surface area contributed by atoms with E-state index >= 15 is 0 Å². The van der Waals surface area contributed by atoms with Crippen LogP contribution in [0.3, 0.4) is 0 Å². The summed E-state index contributed by atoms with van der Waals surface area (Å²) in [5.74, 6) is 0.300. The number of nitrogens with one attached hydrogen (secondary N) is 1. The zero-order valence-electron chi connectivity index (χ0n) is 15.6. The number of rotatable bonds is 5. The Morgan fingerprint density at radius 3 is 2.74 bits per heavy atom. The highest BCUT2D eigenvalue weighted by Crippen LogP contribution is 2.41. The molecule has 0 unspecified atom stereocenters. The van der Waals surface area contributed by atoms with E-state index in [4.69, 9.17) is 4.74 Å². The van der Waals surface area contributed by atoms with Crippen molar-refractivity contribution < 1.29 is 14.3 Å². The third-order valence-electron chi connectivity index (χ3n) is 4.00. The van der Waals surface area contributed by atoms with E-state index in [0.29, 0.717) is 11.4 Å². The second-order valence-corrected chi connectivity index (χ2v) is 7.57. The minimum Gasteiger partial charge on any atom is -0.497 e. The van der Waals surface area contributed by atoms with Gasteiger partial charge in [0.1, 0.15) is 5.75 Å². The van der Waals surface area contributed by atoms with Crippen LogP contribution in [0.4, 0.5) is 5.69 Å². The summed E-state index contributed by atoms with van der Waals surface area (Å²) >= 11 is 1.33. The molecule has 2 aromatic carbocycles. The summed E-state index contributed by atoms with van der Waals surface area (Å²) in [7, 11) is 1.62. The number of anilines is 1. The van der Waals surface area contributed by atoms with Gasteiger partial charge in [0.2, 0.25) is 5.91 Å². The SMILES string of the molecule is COc1cccc(CN2C(=O)/C(=C\C(=O)NC(C)C)Sc3ccccc32)c1. The maximum Gasteiger partial charge on any atom is 0.265 e. The standard InChI is InChI=1S/C21H22N2O3S/c1-14(2)22-20(24)12-19-21(25)23(17-9-4-5-10-18(17)27-19)13-15-7-6-8-16(11-15)26-3/h4-12,14H,13H2,1-3H3,(H,22,24)/b19-12+. The number of amides is 2. The first kappa shape index (κ1) is 19.0. The first-order valence-electron chi connectivity index (χ1n) is 8.72. The van der Waals surface area contributed by atoms with Gasteiger partial charge in [-0.3, -0.25) is 9.59 Å². The molecule has 0 radical (unpaired) electrons. The van der Waals surface area contributed by atoms with Crippen molar-refractivity contribution in [1.82, 2.24) is 5.32 Å². The summed E-state index contributed by atoms with van der Waals surface area (Å²) in [5.41, 5.74) is 1.80. The van der Waals surface area contributed by atoms with Crippen molar-refractivity contribution in [2.24, 2.45) is 0 Å². The summed E-state index contributed by atoms with van der Waals surface area (Å²) in [4.78, 5) is 28.3. The molecule has 1 N–H and O–H groups in total. The number of carbonyl (C=O) groups excluding carboxylic acids is 2. The lowest BCUT2D eigenvalue weighted by molar-refractivity contribution is -0.118. The largest absolute Gasteiger partial charge is 0.497 e. The molecule has 1 aliphatic heterocycles. The van der Waals surface area contributed by atoms with Gasteiger partial charge in [0.05, 0.1) is 24.2 Å². The minimum atomic E-state index is -0.262. The van der Waals surface area contributed by atoms with Crippen LogP contribution >= 0.6 is 11.8 Å². The first-order valence-corrected chi connectivity index (χ1v) is 9.53. The van der Waals surface area contributed by atoms with Gasteiger partial charge >= 0.3 is 0 Å². The van der Waals surface area contributed by atoms with Crippen LogP contribution in [-0.2, 0) is 16.1 Å². The van der Waals surface area contributed by atoms with Gasteiger partial charge in [-0.05, 0) is 43.7 Å². The number of methoxy groups -OCH3 is 1.